The monoisotopic (exact) mass is 164 g/mol. The van der Waals surface area contributed by atoms with E-state index in [1.165, 1.54) is 30.8 Å². The van der Waals surface area contributed by atoms with Gasteiger partial charge in [-0.3, -0.25) is 5.32 Å². The van der Waals surface area contributed by atoms with Gasteiger partial charge in [0.15, 0.2) is 0 Å². The van der Waals surface area contributed by atoms with E-state index in [1.54, 1.807) is 0 Å². The van der Waals surface area contributed by atoms with E-state index in [2.05, 4.69) is 35.9 Å². The van der Waals surface area contributed by atoms with Crippen LogP contribution in [0.5, 0.6) is 0 Å². The molecule has 2 rings (SSSR count). The highest BCUT2D eigenvalue weighted by molar-refractivity contribution is 5.15. The zero-order chi connectivity index (χ0) is 8.55. The van der Waals surface area contributed by atoms with Gasteiger partial charge in [-0.1, -0.05) is 0 Å². The molecule has 0 aliphatic carbocycles. The fraction of sp³-hybridized carbons (Fsp3) is 0.600. The van der Waals surface area contributed by atoms with Crippen LogP contribution in [0, 0.1) is 13.8 Å². The number of rotatable bonds is 1. The molecule has 1 aliphatic heterocycles. The smallest absolute Gasteiger partial charge is 0.0839 e. The maximum atomic E-state index is 3.50. The molecule has 2 nitrogen and oxygen atoms in total. The molecule has 1 fully saturated rings. The van der Waals surface area contributed by atoms with E-state index in [1.807, 2.05) is 0 Å². The fourth-order valence-electron chi connectivity index (χ4n) is 2.06. The van der Waals surface area contributed by atoms with E-state index >= 15 is 0 Å². The number of aryl methyl sites for hydroxylation is 2. The minimum absolute atomic E-state index is 0.556. The molecule has 1 aromatic rings. The van der Waals surface area contributed by atoms with E-state index < -0.39 is 0 Å². The minimum Gasteiger partial charge on any atom is -0.333 e. The van der Waals surface area contributed by atoms with E-state index in [-0.39, 0.29) is 0 Å². The second kappa shape index (κ2) is 2.94. The summed E-state index contributed by atoms with van der Waals surface area (Å²) in [6.07, 6.45) is 3.14. The van der Waals surface area contributed by atoms with Crippen molar-refractivity contribution >= 4 is 0 Å². The first-order valence-corrected chi connectivity index (χ1v) is 4.67. The van der Waals surface area contributed by atoms with Crippen molar-refractivity contribution in [3.63, 3.8) is 0 Å². The number of aromatic nitrogens is 1. The van der Waals surface area contributed by atoms with Gasteiger partial charge in [-0.15, -0.1) is 0 Å². The van der Waals surface area contributed by atoms with Crippen LogP contribution in [-0.2, 0) is 0 Å². The van der Waals surface area contributed by atoms with Crippen molar-refractivity contribution < 1.29 is 0 Å². The summed E-state index contributed by atoms with van der Waals surface area (Å²) in [7, 11) is 0. The van der Waals surface area contributed by atoms with Crippen molar-refractivity contribution in [2.75, 3.05) is 6.54 Å². The first kappa shape index (κ1) is 7.87. The van der Waals surface area contributed by atoms with Gasteiger partial charge in [0, 0.05) is 11.4 Å². The number of hydrogen-bond acceptors (Lipinski definition) is 1. The predicted molar refractivity (Wildman–Crippen MR) is 50.2 cm³/mol. The Bertz CT molecular complexity index is 250. The molecule has 0 spiro atoms. The van der Waals surface area contributed by atoms with Gasteiger partial charge in [0.05, 0.1) is 6.17 Å². The average Bonchev–Trinajstić information content (AvgIpc) is 2.61. The molecule has 66 valence electrons. The molecule has 1 unspecified atom stereocenters. The molecular formula is C10H16N2. The van der Waals surface area contributed by atoms with Gasteiger partial charge in [-0.25, -0.2) is 0 Å². The summed E-state index contributed by atoms with van der Waals surface area (Å²) in [6, 6.07) is 4.38. The first-order valence-electron chi connectivity index (χ1n) is 4.67. The Kier molecular flexibility index (Phi) is 1.93. The van der Waals surface area contributed by atoms with Gasteiger partial charge in [0.2, 0.25) is 0 Å². The van der Waals surface area contributed by atoms with Crippen LogP contribution in [0.15, 0.2) is 12.1 Å². The molecule has 0 aromatic carbocycles. The Hall–Kier alpha value is -0.760. The van der Waals surface area contributed by atoms with Gasteiger partial charge < -0.3 is 4.57 Å². The Morgan fingerprint density at radius 1 is 1.33 bits per heavy atom. The van der Waals surface area contributed by atoms with Crippen molar-refractivity contribution in [3.05, 3.63) is 23.5 Å². The molecule has 1 saturated heterocycles. The number of nitrogens with zero attached hydrogens (tertiary/aromatic N) is 1. The van der Waals surface area contributed by atoms with Crippen molar-refractivity contribution in [1.82, 2.24) is 9.88 Å². The zero-order valence-electron chi connectivity index (χ0n) is 7.80. The molecule has 12 heavy (non-hydrogen) atoms. The maximum absolute atomic E-state index is 3.50. The summed E-state index contributed by atoms with van der Waals surface area (Å²) in [5.41, 5.74) is 2.74. The third kappa shape index (κ3) is 1.16. The predicted octanol–water partition coefficient (Wildman–Crippen LogP) is 1.99. The quantitative estimate of drug-likeness (QED) is 0.671. The molecule has 2 heteroatoms. The molecule has 0 amide bonds. The maximum Gasteiger partial charge on any atom is 0.0839 e. The van der Waals surface area contributed by atoms with Gasteiger partial charge in [0.1, 0.15) is 0 Å². The Morgan fingerprint density at radius 3 is 2.50 bits per heavy atom. The summed E-state index contributed by atoms with van der Waals surface area (Å²) in [6.45, 7) is 5.52. The second-order valence-electron chi connectivity index (χ2n) is 3.60. The van der Waals surface area contributed by atoms with Crippen LogP contribution in [0.2, 0.25) is 0 Å². The van der Waals surface area contributed by atoms with Crippen LogP contribution in [0.25, 0.3) is 0 Å². The van der Waals surface area contributed by atoms with Crippen molar-refractivity contribution in [1.29, 1.82) is 0 Å². The van der Waals surface area contributed by atoms with Crippen molar-refractivity contribution in [2.45, 2.75) is 32.9 Å². The molecular weight excluding hydrogens is 148 g/mol. The van der Waals surface area contributed by atoms with Crippen LogP contribution in [-0.4, -0.2) is 11.1 Å². The SMILES string of the molecule is Cc1ccc(C)n1C1CCCN1. The number of hydrogen-bond donors (Lipinski definition) is 1. The van der Waals surface area contributed by atoms with Crippen LogP contribution in [0.3, 0.4) is 0 Å². The standard InChI is InChI=1S/C10H16N2/c1-8-5-6-9(2)12(8)10-4-3-7-11-10/h5-6,10-11H,3-4,7H2,1-2H3. The van der Waals surface area contributed by atoms with Crippen molar-refractivity contribution in [3.8, 4) is 0 Å². The largest absolute Gasteiger partial charge is 0.333 e. The highest BCUT2D eigenvalue weighted by Crippen LogP contribution is 2.21. The zero-order valence-corrected chi connectivity index (χ0v) is 7.80. The average molecular weight is 164 g/mol. The van der Waals surface area contributed by atoms with E-state index in [0.29, 0.717) is 6.17 Å². The lowest BCUT2D eigenvalue weighted by atomic mass is 10.3. The summed E-state index contributed by atoms with van der Waals surface area (Å²) >= 11 is 0. The van der Waals surface area contributed by atoms with Crippen LogP contribution in [0.4, 0.5) is 0 Å². The Labute approximate surface area is 73.6 Å². The Balaban J connectivity index is 2.30. The van der Waals surface area contributed by atoms with Crippen LogP contribution < -0.4 is 5.32 Å². The highest BCUT2D eigenvalue weighted by Gasteiger charge is 2.17. The van der Waals surface area contributed by atoms with Gasteiger partial charge in [-0.05, 0) is 45.4 Å². The molecule has 0 bridgehead atoms. The molecule has 0 saturated carbocycles. The van der Waals surface area contributed by atoms with E-state index in [4.69, 9.17) is 0 Å². The molecule has 1 N–H and O–H groups in total. The summed E-state index contributed by atoms with van der Waals surface area (Å²) in [5.74, 6) is 0. The van der Waals surface area contributed by atoms with Gasteiger partial charge in [0.25, 0.3) is 0 Å². The molecule has 2 heterocycles. The Morgan fingerprint density at radius 2 is 2.00 bits per heavy atom. The normalized spacial score (nSPS) is 23.3. The molecule has 0 radical (unpaired) electrons. The number of nitrogens with one attached hydrogen (secondary N) is 1. The third-order valence-electron chi connectivity index (χ3n) is 2.67. The van der Waals surface area contributed by atoms with Gasteiger partial charge >= 0.3 is 0 Å². The van der Waals surface area contributed by atoms with Crippen LogP contribution >= 0.6 is 0 Å². The molecule has 1 atom stereocenters. The van der Waals surface area contributed by atoms with E-state index in [0.717, 1.165) is 0 Å². The topological polar surface area (TPSA) is 17.0 Å². The fourth-order valence-corrected chi connectivity index (χ4v) is 2.06. The van der Waals surface area contributed by atoms with Gasteiger partial charge in [-0.2, -0.15) is 0 Å². The summed E-state index contributed by atoms with van der Waals surface area (Å²) in [5, 5.41) is 3.50. The lowest BCUT2D eigenvalue weighted by molar-refractivity contribution is 0.454. The summed E-state index contributed by atoms with van der Waals surface area (Å²) in [4.78, 5) is 0. The van der Waals surface area contributed by atoms with Crippen molar-refractivity contribution in [2.24, 2.45) is 0 Å². The lowest BCUT2D eigenvalue weighted by Crippen LogP contribution is -2.21. The molecule has 1 aliphatic rings. The van der Waals surface area contributed by atoms with Crippen LogP contribution in [0.1, 0.15) is 30.4 Å². The highest BCUT2D eigenvalue weighted by atomic mass is 15.2. The second-order valence-corrected chi connectivity index (χ2v) is 3.60. The lowest BCUT2D eigenvalue weighted by Gasteiger charge is -2.17. The minimum atomic E-state index is 0.556. The first-order chi connectivity index (χ1) is 5.79. The summed E-state index contributed by atoms with van der Waals surface area (Å²) < 4.78 is 2.40. The molecule has 1 aromatic heterocycles. The third-order valence-corrected chi connectivity index (χ3v) is 2.67. The van der Waals surface area contributed by atoms with E-state index in [9.17, 15) is 0 Å².